The van der Waals surface area contributed by atoms with Crippen LogP contribution >= 0.6 is 11.8 Å². The summed E-state index contributed by atoms with van der Waals surface area (Å²) in [6, 6.07) is 0. The second-order valence-electron chi connectivity index (χ2n) is 6.93. The molecule has 4 unspecified atom stereocenters. The third-order valence-electron chi connectivity index (χ3n) is 5.49. The lowest BCUT2D eigenvalue weighted by Gasteiger charge is -2.49. The maximum absolute atomic E-state index is 12.3. The van der Waals surface area contributed by atoms with Crippen LogP contribution in [0.25, 0.3) is 0 Å². The molecule has 4 heteroatoms. The molecule has 0 aromatic heterocycles. The molecule has 23 heavy (non-hydrogen) atoms. The zero-order valence-electron chi connectivity index (χ0n) is 14.4. The number of carbonyl (C=O) groups is 2. The molecule has 0 bridgehead atoms. The molecule has 0 heterocycles. The van der Waals surface area contributed by atoms with Gasteiger partial charge in [-0.25, -0.2) is 4.79 Å². The van der Waals surface area contributed by atoms with E-state index in [0.29, 0.717) is 0 Å². The van der Waals surface area contributed by atoms with E-state index in [9.17, 15) is 9.59 Å². The number of hydrogen-bond donors (Lipinski definition) is 0. The van der Waals surface area contributed by atoms with Crippen LogP contribution in [0.4, 0.5) is 0 Å². The van der Waals surface area contributed by atoms with Crippen molar-refractivity contribution in [3.8, 4) is 0 Å². The molecule has 1 saturated carbocycles. The van der Waals surface area contributed by atoms with E-state index in [4.69, 9.17) is 4.74 Å². The van der Waals surface area contributed by atoms with Gasteiger partial charge in [-0.2, -0.15) is 0 Å². The fraction of sp³-hybridized carbons (Fsp3) is 0.579. The van der Waals surface area contributed by atoms with E-state index in [0.717, 1.165) is 24.8 Å². The van der Waals surface area contributed by atoms with Gasteiger partial charge in [0, 0.05) is 17.9 Å². The first kappa shape index (κ1) is 18.1. The quantitative estimate of drug-likeness (QED) is 0.437. The van der Waals surface area contributed by atoms with Gasteiger partial charge >= 0.3 is 5.97 Å². The Morgan fingerprint density at radius 2 is 2.22 bits per heavy atom. The molecule has 0 amide bonds. The van der Waals surface area contributed by atoms with E-state index >= 15 is 0 Å². The smallest absolute Gasteiger partial charge is 0.331 e. The summed E-state index contributed by atoms with van der Waals surface area (Å²) in [5.41, 5.74) is 2.02. The van der Waals surface area contributed by atoms with E-state index in [-0.39, 0.29) is 35.1 Å². The van der Waals surface area contributed by atoms with Crippen LogP contribution in [0.2, 0.25) is 0 Å². The molecule has 3 nitrogen and oxygen atoms in total. The van der Waals surface area contributed by atoms with Gasteiger partial charge in [0.15, 0.2) is 5.78 Å². The van der Waals surface area contributed by atoms with Crippen molar-refractivity contribution in [2.24, 2.45) is 17.3 Å². The fourth-order valence-corrected chi connectivity index (χ4v) is 4.02. The molecule has 4 atom stereocenters. The maximum Gasteiger partial charge on any atom is 0.331 e. The summed E-state index contributed by atoms with van der Waals surface area (Å²) in [5, 5.41) is 1.74. The van der Waals surface area contributed by atoms with Gasteiger partial charge in [0.05, 0.1) is 0 Å². The first-order valence-corrected chi connectivity index (χ1v) is 9.38. The third-order valence-corrected chi connectivity index (χ3v) is 5.89. The standard InChI is InChI=1S/C19H26O3S/c1-12(2)15-11-19(4)13(3)17(22-18(21)8-9-23-5)7-6-14(19)10-16(15)20/h8-10,13,15,17H,1,6-7,11H2,2-5H3. The van der Waals surface area contributed by atoms with Gasteiger partial charge in [-0.15, -0.1) is 11.8 Å². The van der Waals surface area contributed by atoms with Crippen LogP contribution in [0.1, 0.15) is 40.0 Å². The summed E-state index contributed by atoms with van der Waals surface area (Å²) in [6.45, 7) is 10.2. The third kappa shape index (κ3) is 3.63. The zero-order valence-corrected chi connectivity index (χ0v) is 15.2. The number of hydrogen-bond acceptors (Lipinski definition) is 4. The normalized spacial score (nSPS) is 34.0. The van der Waals surface area contributed by atoms with Gasteiger partial charge in [-0.3, -0.25) is 4.79 Å². The van der Waals surface area contributed by atoms with Crippen LogP contribution in [-0.4, -0.2) is 24.1 Å². The van der Waals surface area contributed by atoms with Gasteiger partial charge in [-0.1, -0.05) is 31.6 Å². The Balaban J connectivity index is 2.20. The fourth-order valence-electron chi connectivity index (χ4n) is 3.78. The Morgan fingerprint density at radius 1 is 1.52 bits per heavy atom. The van der Waals surface area contributed by atoms with Crippen LogP contribution < -0.4 is 0 Å². The monoisotopic (exact) mass is 334 g/mol. The van der Waals surface area contributed by atoms with Gasteiger partial charge in [-0.05, 0) is 49.3 Å². The molecule has 2 aliphatic carbocycles. The Morgan fingerprint density at radius 3 is 2.83 bits per heavy atom. The maximum atomic E-state index is 12.3. The Labute approximate surface area is 143 Å². The van der Waals surface area contributed by atoms with Gasteiger partial charge < -0.3 is 4.74 Å². The van der Waals surface area contributed by atoms with Crippen LogP contribution in [0.15, 0.2) is 35.3 Å². The van der Waals surface area contributed by atoms with Crippen molar-refractivity contribution in [1.82, 2.24) is 0 Å². The van der Waals surface area contributed by atoms with E-state index < -0.39 is 0 Å². The van der Waals surface area contributed by atoms with Gasteiger partial charge in [0.2, 0.25) is 0 Å². The van der Waals surface area contributed by atoms with Crippen molar-refractivity contribution >= 4 is 23.5 Å². The van der Waals surface area contributed by atoms with E-state index in [1.54, 1.807) is 5.41 Å². The highest BCUT2D eigenvalue weighted by Gasteiger charge is 2.48. The molecule has 2 rings (SSSR count). The number of esters is 1. The number of carbonyl (C=O) groups excluding carboxylic acids is 2. The number of thioether (sulfide) groups is 1. The van der Waals surface area contributed by atoms with Crippen LogP contribution in [0, 0.1) is 17.3 Å². The summed E-state index contributed by atoms with van der Waals surface area (Å²) in [6.07, 6.45) is 7.48. The minimum Gasteiger partial charge on any atom is -0.459 e. The minimum atomic E-state index is -0.282. The first-order valence-electron chi connectivity index (χ1n) is 8.10. The average Bonchev–Trinajstić information content (AvgIpc) is 2.49. The predicted molar refractivity (Wildman–Crippen MR) is 95.1 cm³/mol. The van der Waals surface area contributed by atoms with Crippen molar-refractivity contribution in [2.45, 2.75) is 46.1 Å². The van der Waals surface area contributed by atoms with Crippen molar-refractivity contribution in [1.29, 1.82) is 0 Å². The van der Waals surface area contributed by atoms with Crippen molar-refractivity contribution in [2.75, 3.05) is 6.26 Å². The SMILES string of the molecule is C=C(C)C1CC2(C)C(=CC1=O)CCC(OC(=O)C=CSC)C2C. The van der Waals surface area contributed by atoms with E-state index in [2.05, 4.69) is 20.4 Å². The summed E-state index contributed by atoms with van der Waals surface area (Å²) < 4.78 is 5.67. The molecular formula is C19H26O3S. The highest BCUT2D eigenvalue weighted by molar-refractivity contribution is 8.01. The highest BCUT2D eigenvalue weighted by atomic mass is 32.2. The summed E-state index contributed by atoms with van der Waals surface area (Å²) in [4.78, 5) is 24.2. The predicted octanol–water partition coefficient (Wildman–Crippen LogP) is 4.30. The van der Waals surface area contributed by atoms with Crippen molar-refractivity contribution in [3.05, 3.63) is 35.3 Å². The molecule has 0 saturated heterocycles. The molecular weight excluding hydrogens is 308 g/mol. The molecule has 0 aliphatic heterocycles. The van der Waals surface area contributed by atoms with Crippen molar-refractivity contribution in [3.63, 3.8) is 0 Å². The summed E-state index contributed by atoms with van der Waals surface area (Å²) in [5.74, 6) is -0.0350. The number of ether oxygens (including phenoxy) is 1. The molecule has 126 valence electrons. The summed E-state index contributed by atoms with van der Waals surface area (Å²) >= 11 is 1.48. The molecule has 0 aromatic carbocycles. The Hall–Kier alpha value is -1.29. The van der Waals surface area contributed by atoms with E-state index in [1.807, 2.05) is 19.3 Å². The number of ketones is 1. The molecule has 0 N–H and O–H groups in total. The first-order chi connectivity index (χ1) is 10.8. The molecule has 0 radical (unpaired) electrons. The van der Waals surface area contributed by atoms with Crippen LogP contribution in [0.3, 0.4) is 0 Å². The topological polar surface area (TPSA) is 43.4 Å². The molecule has 0 aromatic rings. The zero-order chi connectivity index (χ0) is 17.2. The van der Waals surface area contributed by atoms with Gasteiger partial charge in [0.25, 0.3) is 0 Å². The summed E-state index contributed by atoms with van der Waals surface area (Å²) in [7, 11) is 0. The second-order valence-corrected chi connectivity index (χ2v) is 7.68. The molecule has 1 fully saturated rings. The van der Waals surface area contributed by atoms with Gasteiger partial charge in [0.1, 0.15) is 6.10 Å². The largest absolute Gasteiger partial charge is 0.459 e. The second kappa shape index (κ2) is 7.08. The molecule has 0 spiro atoms. The van der Waals surface area contributed by atoms with Crippen LogP contribution in [0.5, 0.6) is 0 Å². The Kier molecular flexibility index (Phi) is 5.56. The lowest BCUT2D eigenvalue weighted by molar-refractivity contribution is -0.150. The Bertz CT molecular complexity index is 575. The average molecular weight is 334 g/mol. The number of rotatable bonds is 4. The van der Waals surface area contributed by atoms with E-state index in [1.165, 1.54) is 23.4 Å². The lowest BCUT2D eigenvalue weighted by Crippen LogP contribution is -2.46. The van der Waals surface area contributed by atoms with Crippen LogP contribution in [-0.2, 0) is 14.3 Å². The molecule has 2 aliphatic rings. The number of allylic oxidation sites excluding steroid dienone is 3. The minimum absolute atomic E-state index is 0.102. The lowest BCUT2D eigenvalue weighted by atomic mass is 9.57. The highest BCUT2D eigenvalue weighted by Crippen LogP contribution is 2.52. The van der Waals surface area contributed by atoms with Crippen molar-refractivity contribution < 1.29 is 14.3 Å². The number of fused-ring (bicyclic) bond motifs is 1.